The molecular weight excluding hydrogens is 443 g/mol. The Morgan fingerprint density at radius 1 is 1.16 bits per heavy atom. The molecule has 0 spiro atoms. The first-order valence-corrected chi connectivity index (χ1v) is 8.92. The molecule has 31 heavy (non-hydrogen) atoms. The monoisotopic (exact) mass is 455 g/mol. The van der Waals surface area contributed by atoms with Gasteiger partial charge in [0.2, 0.25) is 5.88 Å². The average molecular weight is 456 g/mol. The number of rotatable bonds is 6. The molecule has 1 unspecified atom stereocenters. The molecule has 8 nitrogen and oxygen atoms in total. The highest BCUT2D eigenvalue weighted by atomic mass is 35.5. The molecule has 0 fully saturated rings. The second-order valence-electron chi connectivity index (χ2n) is 6.29. The molecule has 3 aromatic rings. The fourth-order valence-electron chi connectivity index (χ4n) is 2.47. The highest BCUT2D eigenvalue weighted by molar-refractivity contribution is 6.32. The van der Waals surface area contributed by atoms with Crippen molar-refractivity contribution in [1.82, 2.24) is 9.78 Å². The number of nitrogens with zero attached hydrogens (tertiary/aromatic N) is 3. The van der Waals surface area contributed by atoms with Crippen LogP contribution in [0, 0.1) is 10.1 Å². The van der Waals surface area contributed by atoms with Gasteiger partial charge in [0, 0.05) is 6.07 Å². The summed E-state index contributed by atoms with van der Waals surface area (Å²) in [5.74, 6) is -1.66. The van der Waals surface area contributed by atoms with Crippen LogP contribution in [0.4, 0.5) is 13.2 Å². The molecule has 1 heterocycles. The highest BCUT2D eigenvalue weighted by Gasteiger charge is 2.51. The lowest BCUT2D eigenvalue weighted by Gasteiger charge is -2.21. The van der Waals surface area contributed by atoms with E-state index < -0.39 is 28.3 Å². The Kier molecular flexibility index (Phi) is 5.89. The number of hydrogen-bond donors (Lipinski definition) is 0. The molecule has 1 atom stereocenters. The van der Waals surface area contributed by atoms with Crippen LogP contribution in [0.2, 0.25) is 5.02 Å². The summed E-state index contributed by atoms with van der Waals surface area (Å²) in [5.41, 5.74) is -3.57. The average Bonchev–Trinajstić information content (AvgIpc) is 3.16. The van der Waals surface area contributed by atoms with E-state index in [1.54, 1.807) is 18.2 Å². The van der Waals surface area contributed by atoms with Crippen LogP contribution in [-0.4, -0.2) is 26.3 Å². The normalized spacial score (nSPS) is 13.3. The first-order valence-electron chi connectivity index (χ1n) is 8.54. The summed E-state index contributed by atoms with van der Waals surface area (Å²) in [6.45, 7) is 0.943. The van der Waals surface area contributed by atoms with Crippen LogP contribution < -0.4 is 9.47 Å². The molecule has 0 radical (unpaired) electrons. The minimum Gasteiger partial charge on any atom is -0.437 e. The van der Waals surface area contributed by atoms with Crippen molar-refractivity contribution in [3.8, 4) is 17.4 Å². The smallest absolute Gasteiger partial charge is 0.437 e. The summed E-state index contributed by atoms with van der Waals surface area (Å²) in [4.78, 5) is 23.7. The molecule has 0 aliphatic heterocycles. The quantitative estimate of drug-likeness (QED) is 0.293. The molecule has 162 valence electrons. The van der Waals surface area contributed by atoms with Crippen molar-refractivity contribution in [1.29, 1.82) is 0 Å². The van der Waals surface area contributed by atoms with Crippen LogP contribution in [0.1, 0.15) is 17.3 Å². The van der Waals surface area contributed by atoms with Gasteiger partial charge in [-0.2, -0.15) is 23.0 Å². The number of hydrogen-bond acceptors (Lipinski definition) is 6. The number of halogens is 4. The molecule has 12 heteroatoms. The number of carbonyl (C=O) groups excluding carboxylic acids is 1. The lowest BCUT2D eigenvalue weighted by Crippen LogP contribution is -2.51. The number of carbonyl (C=O) groups is 1. The zero-order chi connectivity index (χ0) is 22.8. The molecule has 0 N–H and O–H groups in total. The van der Waals surface area contributed by atoms with E-state index in [4.69, 9.17) is 21.1 Å². The molecule has 0 bridgehead atoms. The molecular formula is C19H13ClF3N3O5. The van der Waals surface area contributed by atoms with Crippen molar-refractivity contribution in [3.63, 3.8) is 0 Å². The molecule has 0 amide bonds. The molecule has 1 aromatic heterocycles. The van der Waals surface area contributed by atoms with Crippen molar-refractivity contribution in [3.05, 3.63) is 81.5 Å². The zero-order valence-electron chi connectivity index (χ0n) is 15.7. The molecule has 3 rings (SSSR count). The van der Waals surface area contributed by atoms with E-state index in [0.29, 0.717) is 10.7 Å². The van der Waals surface area contributed by atoms with Gasteiger partial charge in [-0.05, 0) is 30.3 Å². The van der Waals surface area contributed by atoms with Crippen LogP contribution in [0.5, 0.6) is 17.4 Å². The van der Waals surface area contributed by atoms with Gasteiger partial charge >= 0.3 is 17.8 Å². The lowest BCUT2D eigenvalue weighted by atomic mass is 10.2. The van der Waals surface area contributed by atoms with E-state index in [1.165, 1.54) is 18.2 Å². The van der Waals surface area contributed by atoms with Gasteiger partial charge < -0.3 is 9.47 Å². The van der Waals surface area contributed by atoms with Gasteiger partial charge in [0.05, 0.1) is 28.6 Å². The van der Waals surface area contributed by atoms with Gasteiger partial charge in [0.15, 0.2) is 0 Å². The Hall–Kier alpha value is -3.60. The molecule has 0 saturated carbocycles. The van der Waals surface area contributed by atoms with Crippen LogP contribution in [0.3, 0.4) is 0 Å². The van der Waals surface area contributed by atoms with Crippen molar-refractivity contribution in [2.45, 2.75) is 18.8 Å². The van der Waals surface area contributed by atoms with E-state index in [0.717, 1.165) is 25.3 Å². The van der Waals surface area contributed by atoms with Crippen LogP contribution in [0.25, 0.3) is 0 Å². The maximum atomic E-state index is 12.9. The molecule has 2 aromatic carbocycles. The van der Waals surface area contributed by atoms with Gasteiger partial charge in [0.1, 0.15) is 11.5 Å². The lowest BCUT2D eigenvalue weighted by molar-refractivity contribution is -0.589. The van der Waals surface area contributed by atoms with Gasteiger partial charge in [-0.3, -0.25) is 14.9 Å². The van der Waals surface area contributed by atoms with Crippen LogP contribution in [-0.2, 0) is 6.18 Å². The van der Waals surface area contributed by atoms with Crippen LogP contribution in [0.15, 0.2) is 60.8 Å². The fourth-order valence-corrected chi connectivity index (χ4v) is 2.69. The van der Waals surface area contributed by atoms with E-state index in [2.05, 4.69) is 5.10 Å². The SMILES string of the molecule is CC(Oc1ccccc1)(C(=O)n1nccc1Oc1ccc(C(F)(F)F)cc1Cl)[N+](=O)[O-]. The Labute approximate surface area is 177 Å². The first kappa shape index (κ1) is 22.1. The van der Waals surface area contributed by atoms with Gasteiger partial charge in [0.25, 0.3) is 0 Å². The predicted molar refractivity (Wildman–Crippen MR) is 102 cm³/mol. The molecule has 0 saturated heterocycles. The summed E-state index contributed by atoms with van der Waals surface area (Å²) in [6.07, 6.45) is -3.49. The van der Waals surface area contributed by atoms with Gasteiger partial charge in [-0.1, -0.05) is 29.8 Å². The third-order valence-electron chi connectivity index (χ3n) is 4.08. The number of benzene rings is 2. The maximum Gasteiger partial charge on any atom is 0.442 e. The summed E-state index contributed by atoms with van der Waals surface area (Å²) >= 11 is 5.86. The van der Waals surface area contributed by atoms with E-state index in [9.17, 15) is 28.1 Å². The van der Waals surface area contributed by atoms with Crippen molar-refractivity contribution >= 4 is 17.5 Å². The number of nitro groups is 1. The number of alkyl halides is 3. The standard InChI is InChI=1S/C19H13ClF3N3O5/c1-18(26(28)29,31-13-5-3-2-4-6-13)17(27)25-16(9-10-24-25)30-15-8-7-12(11-14(15)20)19(21,22)23/h2-11H,1H3. The summed E-state index contributed by atoms with van der Waals surface area (Å²) < 4.78 is 49.7. The maximum absolute atomic E-state index is 12.9. The van der Waals surface area contributed by atoms with Gasteiger partial charge in [-0.15, -0.1) is 0 Å². The Morgan fingerprint density at radius 3 is 2.42 bits per heavy atom. The van der Waals surface area contributed by atoms with Gasteiger partial charge in [-0.25, -0.2) is 0 Å². The second kappa shape index (κ2) is 8.26. The third kappa shape index (κ3) is 4.61. The second-order valence-corrected chi connectivity index (χ2v) is 6.69. The largest absolute Gasteiger partial charge is 0.442 e. The van der Waals surface area contributed by atoms with E-state index >= 15 is 0 Å². The van der Waals surface area contributed by atoms with Crippen LogP contribution >= 0.6 is 11.6 Å². The number of para-hydroxylation sites is 1. The zero-order valence-corrected chi connectivity index (χ0v) is 16.4. The number of ether oxygens (including phenoxy) is 2. The molecule has 0 aliphatic rings. The Morgan fingerprint density at radius 2 is 1.84 bits per heavy atom. The van der Waals surface area contributed by atoms with E-state index in [-0.39, 0.29) is 22.4 Å². The van der Waals surface area contributed by atoms with E-state index in [1.807, 2.05) is 0 Å². The predicted octanol–water partition coefficient (Wildman–Crippen LogP) is 5.06. The van der Waals surface area contributed by atoms with Crippen molar-refractivity contribution < 1.29 is 32.4 Å². The van der Waals surface area contributed by atoms with Crippen molar-refractivity contribution in [2.24, 2.45) is 0 Å². The molecule has 0 aliphatic carbocycles. The highest BCUT2D eigenvalue weighted by Crippen LogP contribution is 2.36. The summed E-state index contributed by atoms with van der Waals surface area (Å²) in [5, 5.41) is 15.0. The Bertz CT molecular complexity index is 1120. The number of aromatic nitrogens is 2. The first-order chi connectivity index (χ1) is 14.5. The van der Waals surface area contributed by atoms with Crippen molar-refractivity contribution in [2.75, 3.05) is 0 Å². The Balaban J connectivity index is 1.91. The minimum absolute atomic E-state index is 0.0652. The minimum atomic E-state index is -4.61. The fraction of sp³-hybridized carbons (Fsp3) is 0.158. The summed E-state index contributed by atoms with van der Waals surface area (Å²) in [7, 11) is 0. The third-order valence-corrected chi connectivity index (χ3v) is 4.37. The summed E-state index contributed by atoms with van der Waals surface area (Å²) in [6, 6.07) is 11.2. The topological polar surface area (TPSA) is 96.5 Å².